The summed E-state index contributed by atoms with van der Waals surface area (Å²) in [6.07, 6.45) is 4.90. The Bertz CT molecular complexity index is 407. The molecule has 0 saturated heterocycles. The second kappa shape index (κ2) is 6.03. The van der Waals surface area contributed by atoms with Crippen LogP contribution in [0.25, 0.3) is 0 Å². The molecule has 0 radical (unpaired) electrons. The normalized spacial score (nSPS) is 26.0. The van der Waals surface area contributed by atoms with Crippen molar-refractivity contribution in [3.8, 4) is 0 Å². The van der Waals surface area contributed by atoms with E-state index in [-0.39, 0.29) is 11.9 Å². The molecule has 0 aliphatic heterocycles. The fourth-order valence-electron chi connectivity index (χ4n) is 3.18. The first-order valence-electron chi connectivity index (χ1n) is 6.74. The summed E-state index contributed by atoms with van der Waals surface area (Å²) in [4.78, 5) is 0. The van der Waals surface area contributed by atoms with E-state index in [0.29, 0.717) is 10.9 Å². The molecule has 1 aliphatic carbocycles. The minimum atomic E-state index is -0.194. The lowest BCUT2D eigenvalue weighted by Crippen LogP contribution is -2.29. The maximum absolute atomic E-state index is 14.0. The molecule has 1 aromatic rings. The summed E-state index contributed by atoms with van der Waals surface area (Å²) in [6.45, 7) is 2.29. The summed E-state index contributed by atoms with van der Waals surface area (Å²) in [7, 11) is 1.91. The molecule has 0 amide bonds. The van der Waals surface area contributed by atoms with Gasteiger partial charge in [-0.1, -0.05) is 37.4 Å². The van der Waals surface area contributed by atoms with Crippen molar-refractivity contribution in [1.29, 1.82) is 0 Å². The number of benzene rings is 1. The number of rotatable bonds is 3. The van der Waals surface area contributed by atoms with E-state index in [1.165, 1.54) is 31.7 Å². The van der Waals surface area contributed by atoms with Crippen LogP contribution in [0, 0.1) is 17.7 Å². The fourth-order valence-corrected chi connectivity index (χ4v) is 3.34. The van der Waals surface area contributed by atoms with Crippen LogP contribution in [0.2, 0.25) is 5.02 Å². The first-order chi connectivity index (χ1) is 8.61. The van der Waals surface area contributed by atoms with Crippen LogP contribution in [0.5, 0.6) is 0 Å². The molecule has 1 aliphatic rings. The standard InChI is InChI=1S/C15H21ClFN/c1-10-4-3-5-11(8-10)15(18-2)13-7-6-12(16)9-14(13)17/h6-7,9-11,15,18H,3-5,8H2,1-2H3. The molecule has 1 saturated carbocycles. The molecule has 3 unspecified atom stereocenters. The monoisotopic (exact) mass is 269 g/mol. The lowest BCUT2D eigenvalue weighted by atomic mass is 9.76. The van der Waals surface area contributed by atoms with Crippen LogP contribution < -0.4 is 5.32 Å². The highest BCUT2D eigenvalue weighted by Crippen LogP contribution is 2.37. The SMILES string of the molecule is CNC(c1ccc(Cl)cc1F)C1CCCC(C)C1. The van der Waals surface area contributed by atoms with E-state index >= 15 is 0 Å². The molecular formula is C15H21ClFN. The number of nitrogens with one attached hydrogen (secondary N) is 1. The molecule has 1 aromatic carbocycles. The Labute approximate surface area is 114 Å². The number of hydrogen-bond acceptors (Lipinski definition) is 1. The van der Waals surface area contributed by atoms with E-state index in [1.54, 1.807) is 6.07 Å². The van der Waals surface area contributed by atoms with Crippen molar-refractivity contribution in [3.05, 3.63) is 34.6 Å². The van der Waals surface area contributed by atoms with Gasteiger partial charge in [0.2, 0.25) is 0 Å². The van der Waals surface area contributed by atoms with Gasteiger partial charge in [-0.3, -0.25) is 0 Å². The van der Waals surface area contributed by atoms with Gasteiger partial charge in [-0.15, -0.1) is 0 Å². The molecule has 3 heteroatoms. The van der Waals surface area contributed by atoms with Gasteiger partial charge in [-0.05, 0) is 43.9 Å². The third-order valence-corrected chi connectivity index (χ3v) is 4.29. The maximum Gasteiger partial charge on any atom is 0.129 e. The number of hydrogen-bond donors (Lipinski definition) is 1. The average Bonchev–Trinajstić information content (AvgIpc) is 2.33. The van der Waals surface area contributed by atoms with Crippen molar-refractivity contribution >= 4 is 11.6 Å². The highest BCUT2D eigenvalue weighted by atomic mass is 35.5. The maximum atomic E-state index is 14.0. The van der Waals surface area contributed by atoms with Crippen molar-refractivity contribution in [2.24, 2.45) is 11.8 Å². The van der Waals surface area contributed by atoms with E-state index in [1.807, 2.05) is 13.1 Å². The van der Waals surface area contributed by atoms with Crippen molar-refractivity contribution in [1.82, 2.24) is 5.32 Å². The largest absolute Gasteiger partial charge is 0.313 e. The summed E-state index contributed by atoms with van der Waals surface area (Å²) >= 11 is 5.81. The van der Waals surface area contributed by atoms with Gasteiger partial charge in [0.15, 0.2) is 0 Å². The summed E-state index contributed by atoms with van der Waals surface area (Å²) < 4.78 is 14.0. The topological polar surface area (TPSA) is 12.0 Å². The Morgan fingerprint density at radius 1 is 1.39 bits per heavy atom. The predicted molar refractivity (Wildman–Crippen MR) is 74.3 cm³/mol. The first-order valence-corrected chi connectivity index (χ1v) is 7.11. The molecule has 100 valence electrons. The summed E-state index contributed by atoms with van der Waals surface area (Å²) in [5.41, 5.74) is 0.751. The number of halogens is 2. The minimum Gasteiger partial charge on any atom is -0.313 e. The summed E-state index contributed by atoms with van der Waals surface area (Å²) in [5.74, 6) is 1.07. The van der Waals surface area contributed by atoms with Crippen LogP contribution in [0.1, 0.15) is 44.2 Å². The van der Waals surface area contributed by atoms with Crippen LogP contribution in [-0.2, 0) is 0 Å². The molecule has 0 heterocycles. The zero-order valence-electron chi connectivity index (χ0n) is 11.0. The summed E-state index contributed by atoms with van der Waals surface area (Å²) in [6, 6.07) is 5.10. The van der Waals surface area contributed by atoms with E-state index in [9.17, 15) is 4.39 Å². The van der Waals surface area contributed by atoms with Gasteiger partial charge < -0.3 is 5.32 Å². The van der Waals surface area contributed by atoms with Crippen LogP contribution >= 0.6 is 11.6 Å². The second-order valence-corrected chi connectivity index (χ2v) is 5.90. The lowest BCUT2D eigenvalue weighted by molar-refractivity contribution is 0.227. The molecule has 0 aromatic heterocycles. The van der Waals surface area contributed by atoms with Crippen molar-refractivity contribution in [3.63, 3.8) is 0 Å². The quantitative estimate of drug-likeness (QED) is 0.848. The van der Waals surface area contributed by atoms with E-state index in [2.05, 4.69) is 12.2 Å². The average molecular weight is 270 g/mol. The Morgan fingerprint density at radius 3 is 2.78 bits per heavy atom. The third-order valence-electron chi connectivity index (χ3n) is 4.06. The highest BCUT2D eigenvalue weighted by Gasteiger charge is 2.28. The second-order valence-electron chi connectivity index (χ2n) is 5.46. The van der Waals surface area contributed by atoms with Crippen LogP contribution in [0.15, 0.2) is 18.2 Å². The Morgan fingerprint density at radius 2 is 2.17 bits per heavy atom. The van der Waals surface area contributed by atoms with Crippen molar-refractivity contribution in [2.45, 2.75) is 38.6 Å². The molecule has 0 spiro atoms. The molecule has 18 heavy (non-hydrogen) atoms. The van der Waals surface area contributed by atoms with Gasteiger partial charge in [0.05, 0.1) is 0 Å². The first kappa shape index (κ1) is 13.8. The van der Waals surface area contributed by atoms with E-state index in [0.717, 1.165) is 11.5 Å². The minimum absolute atomic E-state index is 0.102. The molecule has 0 bridgehead atoms. The molecular weight excluding hydrogens is 249 g/mol. The van der Waals surface area contributed by atoms with Gasteiger partial charge in [0.1, 0.15) is 5.82 Å². The summed E-state index contributed by atoms with van der Waals surface area (Å²) in [5, 5.41) is 3.75. The van der Waals surface area contributed by atoms with Crippen molar-refractivity contribution in [2.75, 3.05) is 7.05 Å². The van der Waals surface area contributed by atoms with Gasteiger partial charge in [-0.2, -0.15) is 0 Å². The van der Waals surface area contributed by atoms with E-state index in [4.69, 9.17) is 11.6 Å². The Balaban J connectivity index is 2.21. The zero-order valence-corrected chi connectivity index (χ0v) is 11.8. The zero-order chi connectivity index (χ0) is 13.1. The van der Waals surface area contributed by atoms with Crippen LogP contribution in [0.3, 0.4) is 0 Å². The Kier molecular flexibility index (Phi) is 4.63. The van der Waals surface area contributed by atoms with Gasteiger partial charge in [0.25, 0.3) is 0 Å². The van der Waals surface area contributed by atoms with E-state index < -0.39 is 0 Å². The molecule has 1 fully saturated rings. The molecule has 2 rings (SSSR count). The van der Waals surface area contributed by atoms with Crippen LogP contribution in [0.4, 0.5) is 4.39 Å². The highest BCUT2D eigenvalue weighted by molar-refractivity contribution is 6.30. The third kappa shape index (κ3) is 3.04. The van der Waals surface area contributed by atoms with Gasteiger partial charge in [-0.25, -0.2) is 4.39 Å². The van der Waals surface area contributed by atoms with Gasteiger partial charge >= 0.3 is 0 Å². The Hall–Kier alpha value is -0.600. The fraction of sp³-hybridized carbons (Fsp3) is 0.600. The smallest absolute Gasteiger partial charge is 0.129 e. The molecule has 3 atom stereocenters. The van der Waals surface area contributed by atoms with Gasteiger partial charge in [0, 0.05) is 16.6 Å². The van der Waals surface area contributed by atoms with Crippen molar-refractivity contribution < 1.29 is 4.39 Å². The predicted octanol–water partition coefficient (Wildman–Crippen LogP) is 4.57. The van der Waals surface area contributed by atoms with Crippen LogP contribution in [-0.4, -0.2) is 7.05 Å². The molecule has 1 nitrogen and oxygen atoms in total. The molecule has 1 N–H and O–H groups in total. The lowest BCUT2D eigenvalue weighted by Gasteiger charge is -2.33.